The van der Waals surface area contributed by atoms with Crippen LogP contribution in [0.3, 0.4) is 0 Å². The van der Waals surface area contributed by atoms with Crippen LogP contribution < -0.4 is 5.73 Å². The van der Waals surface area contributed by atoms with E-state index in [1.54, 1.807) is 0 Å². The summed E-state index contributed by atoms with van der Waals surface area (Å²) < 4.78 is 32.9. The number of carbonyl (C=O) groups excluding carboxylic acids is 2. The third-order valence-corrected chi connectivity index (χ3v) is 11.8. The van der Waals surface area contributed by atoms with Gasteiger partial charge in [0, 0.05) is 19.4 Å². The number of phosphoric ester groups is 1. The summed E-state index contributed by atoms with van der Waals surface area (Å²) in [6.07, 6.45) is 62.2. The van der Waals surface area contributed by atoms with Crippen LogP contribution in [0.1, 0.15) is 226 Å². The van der Waals surface area contributed by atoms with E-state index in [-0.39, 0.29) is 38.6 Å². The highest BCUT2D eigenvalue weighted by molar-refractivity contribution is 7.47. The molecule has 0 heterocycles. The molecule has 0 fully saturated rings. The zero-order chi connectivity index (χ0) is 46.7. The first-order valence-electron chi connectivity index (χ1n) is 25.9. The zero-order valence-electron chi connectivity index (χ0n) is 41.0. The molecule has 0 saturated carbocycles. The van der Waals surface area contributed by atoms with E-state index in [9.17, 15) is 19.0 Å². The van der Waals surface area contributed by atoms with Crippen LogP contribution in [0, 0.1) is 0 Å². The van der Waals surface area contributed by atoms with Gasteiger partial charge in [0.05, 0.1) is 13.2 Å². The summed E-state index contributed by atoms with van der Waals surface area (Å²) in [5.74, 6) is -0.834. The van der Waals surface area contributed by atoms with E-state index < -0.39 is 26.5 Å². The van der Waals surface area contributed by atoms with Gasteiger partial charge in [-0.2, -0.15) is 0 Å². The summed E-state index contributed by atoms with van der Waals surface area (Å²) in [6, 6.07) is 0. The highest BCUT2D eigenvalue weighted by Gasteiger charge is 2.26. The minimum absolute atomic E-state index is 0.0500. The number of nitrogens with two attached hydrogens (primary N) is 1. The molecule has 0 aliphatic heterocycles. The summed E-state index contributed by atoms with van der Waals surface area (Å²) in [5, 5.41) is 0. The van der Waals surface area contributed by atoms with E-state index in [2.05, 4.69) is 86.8 Å². The Morgan fingerprint density at radius 2 is 0.859 bits per heavy atom. The highest BCUT2D eigenvalue weighted by atomic mass is 31.2. The average molecular weight is 918 g/mol. The van der Waals surface area contributed by atoms with E-state index in [4.69, 9.17) is 24.3 Å². The molecule has 64 heavy (non-hydrogen) atoms. The minimum Gasteiger partial charge on any atom is -0.462 e. The minimum atomic E-state index is -4.39. The van der Waals surface area contributed by atoms with Crippen molar-refractivity contribution >= 4 is 19.8 Å². The number of carbonyl (C=O) groups is 2. The Labute approximate surface area is 392 Å². The monoisotopic (exact) mass is 918 g/mol. The first-order chi connectivity index (χ1) is 31.3. The highest BCUT2D eigenvalue weighted by Crippen LogP contribution is 2.43. The number of hydrogen-bond donors (Lipinski definition) is 2. The van der Waals surface area contributed by atoms with Crippen molar-refractivity contribution in [1.29, 1.82) is 0 Å². The zero-order valence-corrected chi connectivity index (χ0v) is 41.9. The molecule has 2 unspecified atom stereocenters. The maximum Gasteiger partial charge on any atom is 0.472 e. The molecule has 0 aromatic rings. The van der Waals surface area contributed by atoms with Gasteiger partial charge >= 0.3 is 19.8 Å². The lowest BCUT2D eigenvalue weighted by atomic mass is 10.0. The van der Waals surface area contributed by atoms with E-state index >= 15 is 0 Å². The topological polar surface area (TPSA) is 134 Å². The number of esters is 2. The summed E-state index contributed by atoms with van der Waals surface area (Å²) in [6.45, 7) is 3.63. The van der Waals surface area contributed by atoms with Crippen LogP contribution in [0.15, 0.2) is 72.9 Å². The van der Waals surface area contributed by atoms with E-state index in [1.807, 2.05) is 0 Å². The SMILES string of the molecule is CC/C=C\C/C=C\C/C=C\C/C=C\C/C=C\C/C=C\CCCCCCCCCCC(=O)OC(COC(=O)CCCCCCCCCCCCCCCCCC)COP(=O)(O)OCCN. The largest absolute Gasteiger partial charge is 0.472 e. The van der Waals surface area contributed by atoms with Crippen LogP contribution in [0.4, 0.5) is 0 Å². The fraction of sp³-hybridized carbons (Fsp3) is 0.741. The molecule has 0 aliphatic carbocycles. The van der Waals surface area contributed by atoms with Gasteiger partial charge in [0.25, 0.3) is 0 Å². The fourth-order valence-corrected chi connectivity index (χ4v) is 7.82. The predicted octanol–water partition coefficient (Wildman–Crippen LogP) is 15.8. The first kappa shape index (κ1) is 61.5. The van der Waals surface area contributed by atoms with Gasteiger partial charge in [0.1, 0.15) is 6.61 Å². The number of unbranched alkanes of at least 4 members (excludes halogenated alkanes) is 23. The number of rotatable bonds is 48. The molecule has 0 rings (SSSR count). The van der Waals surface area contributed by atoms with Crippen LogP contribution in [-0.2, 0) is 32.7 Å². The third kappa shape index (κ3) is 48.9. The Morgan fingerprint density at radius 3 is 1.28 bits per heavy atom. The maximum absolute atomic E-state index is 12.7. The molecule has 0 radical (unpaired) electrons. The smallest absolute Gasteiger partial charge is 0.462 e. The lowest BCUT2D eigenvalue weighted by molar-refractivity contribution is -0.161. The molecule has 0 bridgehead atoms. The van der Waals surface area contributed by atoms with Crippen LogP contribution in [0.5, 0.6) is 0 Å². The van der Waals surface area contributed by atoms with Gasteiger partial charge in [-0.15, -0.1) is 0 Å². The Bertz CT molecular complexity index is 1280. The molecule has 10 heteroatoms. The molecular formula is C54H96NO8P. The van der Waals surface area contributed by atoms with Crippen LogP contribution in [0.25, 0.3) is 0 Å². The van der Waals surface area contributed by atoms with E-state index in [1.165, 1.54) is 109 Å². The second-order valence-corrected chi connectivity index (χ2v) is 18.5. The Hall–Kier alpha value is -2.55. The maximum atomic E-state index is 12.7. The second kappa shape index (κ2) is 49.9. The van der Waals surface area contributed by atoms with Gasteiger partial charge < -0.3 is 20.1 Å². The quantitative estimate of drug-likeness (QED) is 0.0265. The van der Waals surface area contributed by atoms with Crippen molar-refractivity contribution in [2.75, 3.05) is 26.4 Å². The Kier molecular flexibility index (Phi) is 47.9. The molecule has 0 aromatic carbocycles. The number of hydrogen-bond acceptors (Lipinski definition) is 8. The van der Waals surface area contributed by atoms with Gasteiger partial charge in [-0.05, 0) is 64.2 Å². The Balaban J connectivity index is 4.06. The van der Waals surface area contributed by atoms with Crippen molar-refractivity contribution in [1.82, 2.24) is 0 Å². The fourth-order valence-electron chi connectivity index (χ4n) is 7.05. The lowest BCUT2D eigenvalue weighted by Gasteiger charge is -2.19. The molecule has 2 atom stereocenters. The van der Waals surface area contributed by atoms with Crippen molar-refractivity contribution < 1.29 is 37.6 Å². The van der Waals surface area contributed by atoms with Crippen molar-refractivity contribution in [3.63, 3.8) is 0 Å². The molecule has 0 amide bonds. The summed E-state index contributed by atoms with van der Waals surface area (Å²) in [5.41, 5.74) is 5.37. The van der Waals surface area contributed by atoms with Crippen molar-refractivity contribution in [2.45, 2.75) is 232 Å². The van der Waals surface area contributed by atoms with Crippen LogP contribution in [0.2, 0.25) is 0 Å². The third-order valence-electron chi connectivity index (χ3n) is 10.9. The number of phosphoric acid groups is 1. The average Bonchev–Trinajstić information content (AvgIpc) is 3.28. The van der Waals surface area contributed by atoms with Gasteiger partial charge in [0.15, 0.2) is 6.10 Å². The van der Waals surface area contributed by atoms with Crippen molar-refractivity contribution in [2.24, 2.45) is 5.73 Å². The normalized spacial score (nSPS) is 13.8. The van der Waals surface area contributed by atoms with Crippen LogP contribution in [-0.4, -0.2) is 49.3 Å². The predicted molar refractivity (Wildman–Crippen MR) is 270 cm³/mol. The summed E-state index contributed by atoms with van der Waals surface area (Å²) in [4.78, 5) is 35.1. The van der Waals surface area contributed by atoms with E-state index in [0.29, 0.717) is 6.42 Å². The second-order valence-electron chi connectivity index (χ2n) is 17.0. The summed E-state index contributed by atoms with van der Waals surface area (Å²) >= 11 is 0. The molecule has 370 valence electrons. The molecule has 0 aromatic heterocycles. The molecular weight excluding hydrogens is 822 g/mol. The van der Waals surface area contributed by atoms with E-state index in [0.717, 1.165) is 83.5 Å². The first-order valence-corrected chi connectivity index (χ1v) is 27.4. The molecule has 0 spiro atoms. The summed E-state index contributed by atoms with van der Waals surface area (Å²) in [7, 11) is -4.39. The van der Waals surface area contributed by atoms with Gasteiger partial charge in [0.2, 0.25) is 0 Å². The van der Waals surface area contributed by atoms with Crippen molar-refractivity contribution in [3.05, 3.63) is 72.9 Å². The Morgan fingerprint density at radius 1 is 0.484 bits per heavy atom. The molecule has 0 aliphatic rings. The standard InChI is InChI=1S/C54H96NO8P/c1-3-5-7-9-11-13-15-17-19-21-22-23-24-25-26-27-28-29-30-31-33-35-37-39-41-43-45-47-54(57)63-52(51-62-64(58,59)61-49-48-55)50-60-53(56)46-44-42-40-38-36-34-32-20-18-16-14-12-10-8-6-4-2/h5,7,11,13,17,19,22-23,25-26,28-29,52H,3-4,6,8-10,12,14-16,18,20-21,24,27,30-51,55H2,1-2H3,(H,58,59)/b7-5-,13-11-,19-17-,23-22-,26-25-,29-28-. The van der Waals surface area contributed by atoms with Gasteiger partial charge in [-0.1, -0.05) is 222 Å². The number of ether oxygens (including phenoxy) is 2. The van der Waals surface area contributed by atoms with Gasteiger partial charge in [-0.3, -0.25) is 18.6 Å². The number of allylic oxidation sites excluding steroid dienone is 12. The molecule has 9 nitrogen and oxygen atoms in total. The molecule has 0 saturated heterocycles. The van der Waals surface area contributed by atoms with Gasteiger partial charge in [-0.25, -0.2) is 4.57 Å². The van der Waals surface area contributed by atoms with Crippen LogP contribution >= 0.6 is 7.82 Å². The van der Waals surface area contributed by atoms with Crippen molar-refractivity contribution in [3.8, 4) is 0 Å². The lowest BCUT2D eigenvalue weighted by Crippen LogP contribution is -2.29. The molecule has 3 N–H and O–H groups in total.